The minimum Gasteiger partial charge on any atom is -0.296 e. The highest BCUT2D eigenvalue weighted by molar-refractivity contribution is 7.71. The van der Waals surface area contributed by atoms with Crippen LogP contribution in [0.1, 0.15) is 12.5 Å². The van der Waals surface area contributed by atoms with Gasteiger partial charge in [-0.1, -0.05) is 43.3 Å². The molecule has 0 aliphatic carbocycles. The van der Waals surface area contributed by atoms with Crippen LogP contribution in [0.4, 0.5) is 0 Å². The number of benzene rings is 1. The highest BCUT2D eigenvalue weighted by Crippen LogP contribution is 2.17. The molecule has 0 spiro atoms. The normalized spacial score (nSPS) is 11.0. The molecule has 0 saturated carbocycles. The maximum Gasteiger partial charge on any atom is 0.199 e. The van der Waals surface area contributed by atoms with Gasteiger partial charge in [0.15, 0.2) is 10.6 Å². The van der Waals surface area contributed by atoms with E-state index in [9.17, 15) is 0 Å². The number of aromatic nitrogens is 4. The highest BCUT2D eigenvalue weighted by Gasteiger charge is 2.14. The summed E-state index contributed by atoms with van der Waals surface area (Å²) in [5, 5.41) is 4.79. The van der Waals surface area contributed by atoms with E-state index in [0.717, 1.165) is 30.9 Å². The van der Waals surface area contributed by atoms with Gasteiger partial charge in [0.25, 0.3) is 0 Å². The lowest BCUT2D eigenvalue weighted by Crippen LogP contribution is -2.29. The van der Waals surface area contributed by atoms with Crippen LogP contribution in [-0.4, -0.2) is 37.3 Å². The summed E-state index contributed by atoms with van der Waals surface area (Å²) in [5.74, 6) is 0.826. The van der Waals surface area contributed by atoms with Gasteiger partial charge in [-0.15, -0.1) is 6.58 Å². The Bertz CT molecular complexity index is 915. The first kappa shape index (κ1) is 19.2. The Hall–Kier alpha value is -2.57. The molecule has 27 heavy (non-hydrogen) atoms. The second-order valence-corrected chi connectivity index (χ2v) is 6.70. The Balaban J connectivity index is 1.81. The molecule has 0 aliphatic heterocycles. The summed E-state index contributed by atoms with van der Waals surface area (Å²) in [5.41, 5.74) is 2.30. The molecule has 3 aromatic rings. The molecule has 0 amide bonds. The molecule has 2 heterocycles. The van der Waals surface area contributed by atoms with Gasteiger partial charge in [-0.05, 0) is 42.9 Å². The van der Waals surface area contributed by atoms with Crippen molar-refractivity contribution in [3.63, 3.8) is 0 Å². The van der Waals surface area contributed by atoms with E-state index in [1.165, 1.54) is 5.56 Å². The third kappa shape index (κ3) is 4.78. The largest absolute Gasteiger partial charge is 0.296 e. The number of allylic oxidation sites excluding steroid dienone is 1. The van der Waals surface area contributed by atoms with E-state index in [4.69, 9.17) is 17.3 Å². The van der Waals surface area contributed by atoms with Crippen LogP contribution in [-0.2, 0) is 19.6 Å². The summed E-state index contributed by atoms with van der Waals surface area (Å²) in [6.45, 7) is 9.20. The van der Waals surface area contributed by atoms with Crippen LogP contribution in [0.15, 0.2) is 67.5 Å². The average molecular weight is 380 g/mol. The quantitative estimate of drug-likeness (QED) is 0.413. The van der Waals surface area contributed by atoms with E-state index < -0.39 is 0 Å². The predicted molar refractivity (Wildman–Crippen MR) is 112 cm³/mol. The molecule has 0 atom stereocenters. The maximum absolute atomic E-state index is 5.69. The fourth-order valence-corrected chi connectivity index (χ4v) is 3.25. The summed E-state index contributed by atoms with van der Waals surface area (Å²) < 4.78 is 4.60. The van der Waals surface area contributed by atoms with E-state index in [-0.39, 0.29) is 0 Å². The summed E-state index contributed by atoms with van der Waals surface area (Å²) >= 11 is 5.69. The zero-order chi connectivity index (χ0) is 19.1. The van der Waals surface area contributed by atoms with Crippen LogP contribution in [0.3, 0.4) is 0 Å². The molecule has 0 aliphatic rings. The lowest BCUT2D eigenvalue weighted by Gasteiger charge is -2.20. The number of nitrogens with zero attached hydrogens (tertiary/aromatic N) is 5. The third-order valence-electron chi connectivity index (χ3n) is 4.49. The van der Waals surface area contributed by atoms with Crippen molar-refractivity contribution in [2.24, 2.45) is 0 Å². The Morgan fingerprint density at radius 2 is 2.00 bits per heavy atom. The molecule has 0 fully saturated rings. The molecular weight excluding hydrogens is 354 g/mol. The zero-order valence-corrected chi connectivity index (χ0v) is 16.5. The predicted octanol–water partition coefficient (Wildman–Crippen LogP) is 4.18. The molecule has 0 radical (unpaired) electrons. The van der Waals surface area contributed by atoms with E-state index in [2.05, 4.69) is 47.7 Å². The monoisotopic (exact) mass is 379 g/mol. The van der Waals surface area contributed by atoms with E-state index >= 15 is 0 Å². The van der Waals surface area contributed by atoms with Crippen LogP contribution >= 0.6 is 12.2 Å². The number of rotatable bonds is 9. The molecule has 1 aromatic carbocycles. The van der Waals surface area contributed by atoms with Gasteiger partial charge in [0.2, 0.25) is 0 Å². The zero-order valence-electron chi connectivity index (χ0n) is 15.7. The van der Waals surface area contributed by atoms with Crippen molar-refractivity contribution >= 4 is 12.2 Å². The molecule has 3 rings (SSSR count). The van der Waals surface area contributed by atoms with Gasteiger partial charge < -0.3 is 0 Å². The topological polar surface area (TPSA) is 38.9 Å². The summed E-state index contributed by atoms with van der Waals surface area (Å²) in [6.07, 6.45) is 6.42. The molecule has 2 aromatic heterocycles. The Morgan fingerprint density at radius 3 is 2.67 bits per heavy atom. The summed E-state index contributed by atoms with van der Waals surface area (Å²) in [7, 11) is 0. The van der Waals surface area contributed by atoms with Crippen molar-refractivity contribution in [1.82, 2.24) is 24.2 Å². The SMILES string of the molecule is C=CCn1c(-c2cccnc2)nn(CN(CC)CCc2ccccc2)c1=S. The summed E-state index contributed by atoms with van der Waals surface area (Å²) in [4.78, 5) is 6.56. The van der Waals surface area contributed by atoms with Gasteiger partial charge in [-0.25, -0.2) is 4.68 Å². The summed E-state index contributed by atoms with van der Waals surface area (Å²) in [6, 6.07) is 14.5. The van der Waals surface area contributed by atoms with Gasteiger partial charge >= 0.3 is 0 Å². The second-order valence-electron chi connectivity index (χ2n) is 6.33. The van der Waals surface area contributed by atoms with Crippen molar-refractivity contribution in [3.8, 4) is 11.4 Å². The van der Waals surface area contributed by atoms with Crippen LogP contribution in [0.5, 0.6) is 0 Å². The molecule has 0 saturated heterocycles. The maximum atomic E-state index is 5.69. The number of hydrogen-bond donors (Lipinski definition) is 0. The lowest BCUT2D eigenvalue weighted by molar-refractivity contribution is 0.218. The fraction of sp³-hybridized carbons (Fsp3) is 0.286. The van der Waals surface area contributed by atoms with Crippen molar-refractivity contribution in [2.45, 2.75) is 26.6 Å². The number of likely N-dealkylation sites (N-methyl/N-ethyl adjacent to an activating group) is 1. The molecule has 140 valence electrons. The van der Waals surface area contributed by atoms with Crippen LogP contribution in [0.25, 0.3) is 11.4 Å². The molecular formula is C21H25N5S. The molecule has 0 bridgehead atoms. The highest BCUT2D eigenvalue weighted by atomic mass is 32.1. The Labute approximate surface area is 165 Å². The fourth-order valence-electron chi connectivity index (χ4n) is 2.99. The smallest absolute Gasteiger partial charge is 0.199 e. The van der Waals surface area contributed by atoms with Gasteiger partial charge in [-0.3, -0.25) is 14.5 Å². The molecule has 5 nitrogen and oxygen atoms in total. The van der Waals surface area contributed by atoms with Crippen molar-refractivity contribution in [1.29, 1.82) is 0 Å². The van der Waals surface area contributed by atoms with Gasteiger partial charge in [0.1, 0.15) is 0 Å². The second kappa shape index (κ2) is 9.39. The first-order valence-corrected chi connectivity index (χ1v) is 9.59. The minimum atomic E-state index is 0.624. The van der Waals surface area contributed by atoms with Gasteiger partial charge in [-0.2, -0.15) is 5.10 Å². The van der Waals surface area contributed by atoms with Crippen molar-refractivity contribution < 1.29 is 0 Å². The standard InChI is InChI=1S/C21H25N5S/c1-3-14-25-20(19-11-8-13-22-16-19)23-26(21(25)27)17-24(4-2)15-12-18-9-6-5-7-10-18/h3,5-11,13,16H,1,4,12,14-15,17H2,2H3. The first-order chi connectivity index (χ1) is 13.2. The molecule has 6 heteroatoms. The van der Waals surface area contributed by atoms with Crippen LogP contribution < -0.4 is 0 Å². The first-order valence-electron chi connectivity index (χ1n) is 9.18. The Kier molecular flexibility index (Phi) is 6.68. The number of hydrogen-bond acceptors (Lipinski definition) is 4. The molecule has 0 unspecified atom stereocenters. The van der Waals surface area contributed by atoms with Crippen molar-refractivity contribution in [3.05, 3.63) is 77.8 Å². The van der Waals surface area contributed by atoms with E-state index in [1.807, 2.05) is 39.7 Å². The van der Waals surface area contributed by atoms with E-state index in [1.54, 1.807) is 6.20 Å². The average Bonchev–Trinajstić information content (AvgIpc) is 3.02. The van der Waals surface area contributed by atoms with E-state index in [0.29, 0.717) is 18.0 Å². The lowest BCUT2D eigenvalue weighted by atomic mass is 10.1. The van der Waals surface area contributed by atoms with Crippen LogP contribution in [0, 0.1) is 4.77 Å². The Morgan fingerprint density at radius 1 is 1.19 bits per heavy atom. The third-order valence-corrected chi connectivity index (χ3v) is 4.93. The number of pyridine rings is 1. The van der Waals surface area contributed by atoms with Crippen LogP contribution in [0.2, 0.25) is 0 Å². The van der Waals surface area contributed by atoms with Crippen molar-refractivity contribution in [2.75, 3.05) is 13.1 Å². The molecule has 0 N–H and O–H groups in total. The van der Waals surface area contributed by atoms with Gasteiger partial charge in [0.05, 0.1) is 6.67 Å². The van der Waals surface area contributed by atoms with Gasteiger partial charge in [0, 0.05) is 31.0 Å². The minimum absolute atomic E-state index is 0.624.